The Morgan fingerprint density at radius 2 is 1.68 bits per heavy atom. The molecule has 2 N–H and O–H groups in total. The Morgan fingerprint density at radius 1 is 1.06 bits per heavy atom. The van der Waals surface area contributed by atoms with E-state index < -0.39 is 24.2 Å². The number of benzene rings is 2. The lowest BCUT2D eigenvalue weighted by molar-refractivity contribution is -0.161. The van der Waals surface area contributed by atoms with Crippen molar-refractivity contribution in [3.63, 3.8) is 0 Å². The summed E-state index contributed by atoms with van der Waals surface area (Å²) in [4.78, 5) is 12.3. The van der Waals surface area contributed by atoms with Gasteiger partial charge in [0, 0.05) is 0 Å². The molecule has 2 aromatic carbocycles. The van der Waals surface area contributed by atoms with Crippen LogP contribution >= 0.6 is 23.2 Å². The molecule has 0 bridgehead atoms. The number of amides is 1. The van der Waals surface area contributed by atoms with Crippen LogP contribution in [0.1, 0.15) is 31.9 Å². The van der Waals surface area contributed by atoms with Crippen molar-refractivity contribution in [1.82, 2.24) is 10.6 Å². The van der Waals surface area contributed by atoms with Crippen LogP contribution in [-0.2, 0) is 4.79 Å². The molecule has 31 heavy (non-hydrogen) atoms. The first-order valence-electron chi connectivity index (χ1n) is 9.55. The van der Waals surface area contributed by atoms with E-state index in [0.29, 0.717) is 21.2 Å². The van der Waals surface area contributed by atoms with E-state index in [9.17, 15) is 18.0 Å². The summed E-state index contributed by atoms with van der Waals surface area (Å²) in [5.74, 6) is -0.673. The highest BCUT2D eigenvalue weighted by Gasteiger charge is 2.42. The summed E-state index contributed by atoms with van der Waals surface area (Å²) in [6, 6.07) is 9.42. The normalized spacial score (nSPS) is 13.5. The molecule has 1 amide bonds. The minimum absolute atomic E-state index is 0.0295. The molecule has 9 heteroatoms. The molecule has 4 nitrogen and oxygen atoms in total. The fourth-order valence-electron chi connectivity index (χ4n) is 3.10. The first-order chi connectivity index (χ1) is 14.5. The van der Waals surface area contributed by atoms with Crippen LogP contribution in [-0.4, -0.2) is 24.7 Å². The molecule has 2 atom stereocenters. The Balaban J connectivity index is 2.31. The summed E-state index contributed by atoms with van der Waals surface area (Å²) in [7, 11) is 0. The molecule has 2 rings (SSSR count). The number of hydrogen-bond donors (Lipinski definition) is 2. The monoisotopic (exact) mass is 471 g/mol. The van der Waals surface area contributed by atoms with E-state index in [1.54, 1.807) is 50.2 Å². The number of nitrogens with zero attached hydrogens (tertiary/aromatic N) is 1. The number of nitriles is 1. The zero-order valence-corrected chi connectivity index (χ0v) is 18.4. The third-order valence-corrected chi connectivity index (χ3v) is 5.30. The average molecular weight is 472 g/mol. The quantitative estimate of drug-likeness (QED) is 0.470. The maximum atomic E-state index is 13.9. The number of hydrogen-bond acceptors (Lipinski definition) is 3. The molecular formula is C22H22Cl2F3N3O. The van der Waals surface area contributed by atoms with Crippen LogP contribution in [0.15, 0.2) is 42.5 Å². The Hall–Kier alpha value is -2.27. The van der Waals surface area contributed by atoms with E-state index in [2.05, 4.69) is 10.6 Å². The summed E-state index contributed by atoms with van der Waals surface area (Å²) < 4.78 is 41.6. The van der Waals surface area contributed by atoms with Crippen LogP contribution in [0, 0.1) is 17.2 Å². The highest BCUT2D eigenvalue weighted by molar-refractivity contribution is 6.42. The van der Waals surface area contributed by atoms with Gasteiger partial charge in [-0.15, -0.1) is 0 Å². The molecule has 0 spiro atoms. The highest BCUT2D eigenvalue weighted by Crippen LogP contribution is 2.35. The lowest BCUT2D eigenvalue weighted by Gasteiger charge is -2.28. The van der Waals surface area contributed by atoms with Gasteiger partial charge < -0.3 is 5.32 Å². The summed E-state index contributed by atoms with van der Waals surface area (Å²) in [6.07, 6.45) is -4.44. The maximum absolute atomic E-state index is 13.9. The van der Waals surface area contributed by atoms with Crippen molar-refractivity contribution in [2.24, 2.45) is 5.92 Å². The van der Waals surface area contributed by atoms with E-state index in [1.165, 1.54) is 12.1 Å². The van der Waals surface area contributed by atoms with E-state index in [-0.39, 0.29) is 24.4 Å². The summed E-state index contributed by atoms with van der Waals surface area (Å²) >= 11 is 11.9. The van der Waals surface area contributed by atoms with Crippen LogP contribution < -0.4 is 10.6 Å². The molecule has 0 fully saturated rings. The van der Waals surface area contributed by atoms with Crippen molar-refractivity contribution in [3.8, 4) is 17.2 Å². The van der Waals surface area contributed by atoms with Gasteiger partial charge in [0.2, 0.25) is 5.91 Å². The van der Waals surface area contributed by atoms with E-state index in [4.69, 9.17) is 28.5 Å². The van der Waals surface area contributed by atoms with Gasteiger partial charge in [-0.3, -0.25) is 10.1 Å². The van der Waals surface area contributed by atoms with Gasteiger partial charge >= 0.3 is 6.18 Å². The second-order valence-corrected chi connectivity index (χ2v) is 8.26. The number of halogens is 5. The van der Waals surface area contributed by atoms with Crippen molar-refractivity contribution in [2.45, 2.75) is 38.5 Å². The van der Waals surface area contributed by atoms with Crippen LogP contribution in [0.25, 0.3) is 11.1 Å². The van der Waals surface area contributed by atoms with Gasteiger partial charge in [0.25, 0.3) is 0 Å². The van der Waals surface area contributed by atoms with Crippen molar-refractivity contribution in [3.05, 3.63) is 58.1 Å². The first kappa shape index (κ1) is 25.0. The maximum Gasteiger partial charge on any atom is 0.407 e. The second-order valence-electron chi connectivity index (χ2n) is 7.45. The Labute approximate surface area is 189 Å². The zero-order valence-electron chi connectivity index (χ0n) is 16.9. The van der Waals surface area contributed by atoms with E-state index in [1.807, 2.05) is 0 Å². The molecule has 0 aliphatic heterocycles. The predicted octanol–water partition coefficient (Wildman–Crippen LogP) is 5.91. The van der Waals surface area contributed by atoms with Crippen molar-refractivity contribution in [1.29, 1.82) is 5.26 Å². The molecule has 0 radical (unpaired) electrons. The van der Waals surface area contributed by atoms with Crippen molar-refractivity contribution >= 4 is 29.1 Å². The Kier molecular flexibility index (Phi) is 8.75. The van der Waals surface area contributed by atoms with Crippen molar-refractivity contribution in [2.75, 3.05) is 6.54 Å². The van der Waals surface area contributed by atoms with Gasteiger partial charge in [0.15, 0.2) is 0 Å². The first-order valence-corrected chi connectivity index (χ1v) is 10.3. The summed E-state index contributed by atoms with van der Waals surface area (Å²) in [6.45, 7) is 3.34. The average Bonchev–Trinajstić information content (AvgIpc) is 2.70. The minimum Gasteiger partial charge on any atom is -0.342 e. The number of nitrogens with one attached hydrogen (secondary N) is 2. The molecule has 2 aromatic rings. The minimum atomic E-state index is -4.63. The molecule has 0 aromatic heterocycles. The largest absolute Gasteiger partial charge is 0.407 e. The third-order valence-electron chi connectivity index (χ3n) is 4.56. The number of carbonyl (C=O) groups excluding carboxylic acids is 1. The summed E-state index contributed by atoms with van der Waals surface area (Å²) in [5, 5.41) is 14.1. The fraction of sp³-hybridized carbons (Fsp3) is 0.364. The summed E-state index contributed by atoms with van der Waals surface area (Å²) in [5.41, 5.74) is 1.36. The zero-order chi connectivity index (χ0) is 23.2. The number of carbonyl (C=O) groups is 1. The topological polar surface area (TPSA) is 64.9 Å². The van der Waals surface area contributed by atoms with Crippen LogP contribution in [0.2, 0.25) is 10.0 Å². The Bertz CT molecular complexity index is 940. The van der Waals surface area contributed by atoms with Gasteiger partial charge in [-0.05, 0) is 41.2 Å². The molecule has 0 aliphatic carbocycles. The van der Waals surface area contributed by atoms with Gasteiger partial charge in [0.1, 0.15) is 12.6 Å². The van der Waals surface area contributed by atoms with Crippen LogP contribution in [0.3, 0.4) is 0 Å². The van der Waals surface area contributed by atoms with E-state index >= 15 is 0 Å². The third kappa shape index (κ3) is 7.13. The second kappa shape index (κ2) is 10.9. The molecule has 0 aliphatic rings. The molecule has 0 saturated heterocycles. The lowest BCUT2D eigenvalue weighted by atomic mass is 9.97. The van der Waals surface area contributed by atoms with Gasteiger partial charge in [-0.1, -0.05) is 67.4 Å². The fourth-order valence-corrected chi connectivity index (χ4v) is 3.39. The van der Waals surface area contributed by atoms with Gasteiger partial charge in [0.05, 0.1) is 22.2 Å². The van der Waals surface area contributed by atoms with Gasteiger partial charge in [-0.2, -0.15) is 18.4 Å². The Morgan fingerprint density at radius 3 is 2.19 bits per heavy atom. The highest BCUT2D eigenvalue weighted by atomic mass is 35.5. The van der Waals surface area contributed by atoms with E-state index in [0.717, 1.165) is 0 Å². The van der Waals surface area contributed by atoms with Gasteiger partial charge in [-0.25, -0.2) is 0 Å². The number of alkyl halides is 3. The molecule has 0 heterocycles. The SMILES string of the molecule is CC(C)C[C@H](N[C@@H](c1ccc(-c2ccc(Cl)c(Cl)c2)cc1)C(F)(F)F)C(=O)NCC#N. The molecular weight excluding hydrogens is 450 g/mol. The lowest BCUT2D eigenvalue weighted by Crippen LogP contribution is -2.49. The predicted molar refractivity (Wildman–Crippen MR) is 116 cm³/mol. The number of rotatable bonds is 8. The van der Waals surface area contributed by atoms with Crippen LogP contribution in [0.4, 0.5) is 13.2 Å². The van der Waals surface area contributed by atoms with Crippen molar-refractivity contribution < 1.29 is 18.0 Å². The molecule has 0 saturated carbocycles. The smallest absolute Gasteiger partial charge is 0.342 e. The standard InChI is InChI=1S/C22H22Cl2F3N3O/c1-13(2)11-19(21(31)29-10-9-28)30-20(22(25,26)27)15-5-3-14(4-6-15)16-7-8-17(23)18(24)12-16/h3-8,12-13,19-20,30H,10-11H2,1-2H3,(H,29,31)/t19-,20-/m0/s1. The molecule has 0 unspecified atom stereocenters. The molecule has 166 valence electrons. The van der Waals surface area contributed by atoms with Crippen LogP contribution in [0.5, 0.6) is 0 Å².